The van der Waals surface area contributed by atoms with Crippen LogP contribution in [0.2, 0.25) is 0 Å². The fraction of sp³-hybridized carbons (Fsp3) is 0.286. The average Bonchev–Trinajstić information content (AvgIpc) is 2.69. The molecule has 9 heteroatoms. The van der Waals surface area contributed by atoms with E-state index in [1.165, 1.54) is 6.92 Å². The Kier molecular flexibility index (Phi) is 7.69. The summed E-state index contributed by atoms with van der Waals surface area (Å²) in [6.45, 7) is 4.70. The van der Waals surface area contributed by atoms with Crippen LogP contribution < -0.4 is 10.0 Å². The molecule has 0 spiro atoms. The van der Waals surface area contributed by atoms with Gasteiger partial charge in [-0.3, -0.25) is 9.59 Å². The summed E-state index contributed by atoms with van der Waals surface area (Å²) in [5.74, 6) is -1.32. The molecule has 0 heterocycles. The van der Waals surface area contributed by atoms with E-state index >= 15 is 0 Å². The molecular formula is C21H23N3O5S. The van der Waals surface area contributed by atoms with E-state index < -0.39 is 28.0 Å². The summed E-state index contributed by atoms with van der Waals surface area (Å²) in [6, 6.07) is 13.5. The van der Waals surface area contributed by atoms with E-state index in [0.717, 1.165) is 5.56 Å². The molecule has 2 aromatic carbocycles. The smallest absolute Gasteiger partial charge is 0.307 e. The van der Waals surface area contributed by atoms with Crippen molar-refractivity contribution in [3.63, 3.8) is 0 Å². The number of sulfonamides is 1. The Hall–Kier alpha value is -3.22. The second kappa shape index (κ2) is 10.0. The van der Waals surface area contributed by atoms with Crippen LogP contribution in [-0.2, 0) is 24.3 Å². The highest BCUT2D eigenvalue weighted by atomic mass is 32.2. The number of esters is 1. The summed E-state index contributed by atoms with van der Waals surface area (Å²) in [6.07, 6.45) is -1.35. The number of carbonyl (C=O) groups is 2. The number of nitrogens with one attached hydrogen (secondary N) is 2. The first kappa shape index (κ1) is 23.1. The molecule has 1 atom stereocenters. The first-order valence-corrected chi connectivity index (χ1v) is 10.7. The van der Waals surface area contributed by atoms with Crippen molar-refractivity contribution in [2.24, 2.45) is 0 Å². The van der Waals surface area contributed by atoms with Crippen LogP contribution in [0.4, 0.5) is 5.69 Å². The molecule has 0 aliphatic heterocycles. The number of para-hydroxylation sites is 1. The molecule has 0 aromatic heterocycles. The van der Waals surface area contributed by atoms with Gasteiger partial charge in [0.1, 0.15) is 6.07 Å². The largest absolute Gasteiger partial charge is 0.452 e. The second-order valence-corrected chi connectivity index (χ2v) is 8.43. The van der Waals surface area contributed by atoms with Crippen molar-refractivity contribution >= 4 is 27.6 Å². The first-order chi connectivity index (χ1) is 14.1. The molecule has 30 heavy (non-hydrogen) atoms. The number of amides is 1. The molecule has 0 aliphatic carbocycles. The number of benzene rings is 2. The summed E-state index contributed by atoms with van der Waals surface area (Å²) < 4.78 is 32.3. The highest BCUT2D eigenvalue weighted by Crippen LogP contribution is 2.17. The quantitative estimate of drug-likeness (QED) is 0.621. The van der Waals surface area contributed by atoms with Crippen molar-refractivity contribution in [1.29, 1.82) is 5.26 Å². The molecule has 2 rings (SSSR count). The molecule has 2 aromatic rings. The maximum absolute atomic E-state index is 12.4. The van der Waals surface area contributed by atoms with Crippen molar-refractivity contribution in [3.8, 4) is 6.07 Å². The molecule has 0 bridgehead atoms. The molecule has 0 saturated heterocycles. The minimum absolute atomic E-state index is 0.153. The highest BCUT2D eigenvalue weighted by Gasteiger charge is 2.20. The summed E-state index contributed by atoms with van der Waals surface area (Å²) in [5.41, 5.74) is 2.00. The monoisotopic (exact) mass is 429 g/mol. The van der Waals surface area contributed by atoms with E-state index in [1.807, 2.05) is 12.1 Å². The molecule has 2 N–H and O–H groups in total. The van der Waals surface area contributed by atoms with Crippen LogP contribution in [-0.4, -0.2) is 32.9 Å². The van der Waals surface area contributed by atoms with Gasteiger partial charge >= 0.3 is 5.97 Å². The summed E-state index contributed by atoms with van der Waals surface area (Å²) in [4.78, 5) is 24.3. The number of aryl methyl sites for hydroxylation is 2. The van der Waals surface area contributed by atoms with E-state index in [4.69, 9.17) is 10.00 Å². The number of nitriles is 1. The molecule has 0 aliphatic rings. The van der Waals surface area contributed by atoms with E-state index in [1.54, 1.807) is 50.2 Å². The van der Waals surface area contributed by atoms with Crippen LogP contribution in [0.5, 0.6) is 0 Å². The average molecular weight is 429 g/mol. The molecule has 1 unspecified atom stereocenters. The summed E-state index contributed by atoms with van der Waals surface area (Å²) in [7, 11) is -3.77. The van der Waals surface area contributed by atoms with E-state index in [0.29, 0.717) is 11.3 Å². The zero-order valence-corrected chi connectivity index (χ0v) is 17.7. The number of carbonyl (C=O) groups excluding carboxylic acids is 2. The molecule has 8 nitrogen and oxygen atoms in total. The van der Waals surface area contributed by atoms with Crippen molar-refractivity contribution in [1.82, 2.24) is 4.72 Å². The number of rotatable bonds is 8. The van der Waals surface area contributed by atoms with Crippen LogP contribution in [0.1, 0.15) is 30.0 Å². The van der Waals surface area contributed by atoms with Gasteiger partial charge in [0.15, 0.2) is 6.10 Å². The Labute approximate surface area is 175 Å². The van der Waals surface area contributed by atoms with Crippen LogP contribution >= 0.6 is 0 Å². The molecule has 1 amide bonds. The number of hydrogen-bond acceptors (Lipinski definition) is 6. The van der Waals surface area contributed by atoms with Crippen LogP contribution in [0.3, 0.4) is 0 Å². The van der Waals surface area contributed by atoms with Gasteiger partial charge in [0, 0.05) is 6.54 Å². The lowest BCUT2D eigenvalue weighted by atomic mass is 10.2. The van der Waals surface area contributed by atoms with E-state index in [9.17, 15) is 18.0 Å². The van der Waals surface area contributed by atoms with Gasteiger partial charge in [0.25, 0.3) is 5.91 Å². The first-order valence-electron chi connectivity index (χ1n) is 9.20. The third-order valence-corrected chi connectivity index (χ3v) is 5.84. The molecule has 0 radical (unpaired) electrons. The van der Waals surface area contributed by atoms with Crippen LogP contribution in [0.15, 0.2) is 47.4 Å². The minimum atomic E-state index is -3.77. The normalized spacial score (nSPS) is 11.9. The van der Waals surface area contributed by atoms with Crippen molar-refractivity contribution in [2.75, 3.05) is 11.9 Å². The van der Waals surface area contributed by atoms with Gasteiger partial charge in [-0.05, 0) is 50.1 Å². The van der Waals surface area contributed by atoms with Crippen molar-refractivity contribution < 1.29 is 22.7 Å². The fourth-order valence-electron chi connectivity index (χ4n) is 2.60. The van der Waals surface area contributed by atoms with E-state index in [2.05, 4.69) is 10.0 Å². The molecule has 0 fully saturated rings. The zero-order valence-electron chi connectivity index (χ0n) is 16.9. The third-order valence-electron chi connectivity index (χ3n) is 4.24. The number of anilines is 1. The summed E-state index contributed by atoms with van der Waals surface area (Å²) >= 11 is 0. The maximum atomic E-state index is 12.4. The lowest BCUT2D eigenvalue weighted by Gasteiger charge is -2.14. The van der Waals surface area contributed by atoms with Crippen LogP contribution in [0, 0.1) is 25.2 Å². The van der Waals surface area contributed by atoms with Gasteiger partial charge in [0.05, 0.1) is 22.6 Å². The van der Waals surface area contributed by atoms with Gasteiger partial charge in [-0.2, -0.15) is 5.26 Å². The van der Waals surface area contributed by atoms with Crippen LogP contribution in [0.25, 0.3) is 0 Å². The van der Waals surface area contributed by atoms with Gasteiger partial charge in [0.2, 0.25) is 10.0 Å². The number of nitrogens with zero attached hydrogens (tertiary/aromatic N) is 1. The van der Waals surface area contributed by atoms with Gasteiger partial charge in [-0.15, -0.1) is 0 Å². The highest BCUT2D eigenvalue weighted by molar-refractivity contribution is 7.89. The molecule has 0 saturated carbocycles. The standard InChI is InChI=1S/C21H23N3O5S/c1-14-8-9-15(2)19(12-14)30(27,28)23-11-10-20(25)29-16(3)21(26)24-18-7-5-4-6-17(18)13-22/h4-9,12,16,23H,10-11H2,1-3H3,(H,24,26). The van der Waals surface area contributed by atoms with Gasteiger partial charge in [-0.25, -0.2) is 13.1 Å². The Morgan fingerprint density at radius 3 is 2.57 bits per heavy atom. The Balaban J connectivity index is 1.87. The predicted molar refractivity (Wildman–Crippen MR) is 111 cm³/mol. The third kappa shape index (κ3) is 6.14. The Morgan fingerprint density at radius 1 is 1.17 bits per heavy atom. The minimum Gasteiger partial charge on any atom is -0.452 e. The summed E-state index contributed by atoms with van der Waals surface area (Å²) in [5, 5.41) is 11.6. The second-order valence-electron chi connectivity index (χ2n) is 6.70. The Morgan fingerprint density at radius 2 is 1.87 bits per heavy atom. The fourth-order valence-corrected chi connectivity index (χ4v) is 3.95. The van der Waals surface area contributed by atoms with Crippen molar-refractivity contribution in [3.05, 3.63) is 59.2 Å². The number of ether oxygens (including phenoxy) is 1. The van der Waals surface area contributed by atoms with Gasteiger partial charge < -0.3 is 10.1 Å². The van der Waals surface area contributed by atoms with Gasteiger partial charge in [-0.1, -0.05) is 24.3 Å². The van der Waals surface area contributed by atoms with E-state index in [-0.39, 0.29) is 23.4 Å². The molecular weight excluding hydrogens is 406 g/mol. The maximum Gasteiger partial charge on any atom is 0.307 e. The molecule has 158 valence electrons. The SMILES string of the molecule is Cc1ccc(C)c(S(=O)(=O)NCCC(=O)OC(C)C(=O)Nc2ccccc2C#N)c1. The topological polar surface area (TPSA) is 125 Å². The zero-order chi connectivity index (χ0) is 22.3. The predicted octanol–water partition coefficient (Wildman–Crippen LogP) is 2.41. The lowest BCUT2D eigenvalue weighted by molar-refractivity contribution is -0.152. The van der Waals surface area contributed by atoms with Crippen molar-refractivity contribution in [2.45, 2.75) is 38.2 Å². The number of hydrogen-bond donors (Lipinski definition) is 2. The Bertz CT molecular complexity index is 1090. The lowest BCUT2D eigenvalue weighted by Crippen LogP contribution is -2.32.